The standard InChI is InChI=1S/C20H25NO3/c1-15-12-17(10-11-18(15)22)21(14-20(2,3)4)19(23)24-13-16-8-6-5-7-9-16/h5-12,22H,13-14H2,1-4H3. The lowest BCUT2D eigenvalue weighted by Gasteiger charge is -2.29. The number of phenolic OH excluding ortho intramolecular Hbond substituents is 1. The van der Waals surface area contributed by atoms with Gasteiger partial charge in [-0.05, 0) is 41.7 Å². The Hall–Kier alpha value is -2.49. The van der Waals surface area contributed by atoms with Gasteiger partial charge in [0.15, 0.2) is 0 Å². The smallest absolute Gasteiger partial charge is 0.414 e. The third kappa shape index (κ3) is 5.01. The summed E-state index contributed by atoms with van der Waals surface area (Å²) < 4.78 is 5.49. The van der Waals surface area contributed by atoms with Gasteiger partial charge in [0.1, 0.15) is 12.4 Å². The molecule has 0 aliphatic heterocycles. The molecule has 2 aromatic carbocycles. The molecule has 1 N–H and O–H groups in total. The number of nitrogens with zero attached hydrogens (tertiary/aromatic N) is 1. The van der Waals surface area contributed by atoms with Gasteiger partial charge in [-0.2, -0.15) is 0 Å². The van der Waals surface area contributed by atoms with E-state index < -0.39 is 0 Å². The number of carbonyl (C=O) groups excluding carboxylic acids is 1. The summed E-state index contributed by atoms with van der Waals surface area (Å²) in [6.07, 6.45) is -0.390. The molecule has 24 heavy (non-hydrogen) atoms. The van der Waals surface area contributed by atoms with Crippen molar-refractivity contribution in [1.29, 1.82) is 0 Å². The van der Waals surface area contributed by atoms with E-state index in [4.69, 9.17) is 4.74 Å². The summed E-state index contributed by atoms with van der Waals surface area (Å²) in [7, 11) is 0. The van der Waals surface area contributed by atoms with Gasteiger partial charge in [-0.1, -0.05) is 51.1 Å². The molecule has 0 spiro atoms. The molecular formula is C20H25NO3. The van der Waals surface area contributed by atoms with Crippen LogP contribution in [0.25, 0.3) is 0 Å². The largest absolute Gasteiger partial charge is 0.508 e. The van der Waals surface area contributed by atoms with Crippen molar-refractivity contribution in [1.82, 2.24) is 0 Å². The number of aromatic hydroxyl groups is 1. The SMILES string of the molecule is Cc1cc(N(CC(C)(C)C)C(=O)OCc2ccccc2)ccc1O. The normalized spacial score (nSPS) is 11.2. The molecule has 128 valence electrons. The minimum Gasteiger partial charge on any atom is -0.508 e. The van der Waals surface area contributed by atoms with Crippen molar-refractivity contribution < 1.29 is 14.6 Å². The van der Waals surface area contributed by atoms with Crippen molar-refractivity contribution in [3.8, 4) is 5.75 Å². The van der Waals surface area contributed by atoms with Gasteiger partial charge in [-0.25, -0.2) is 4.79 Å². The van der Waals surface area contributed by atoms with E-state index in [2.05, 4.69) is 20.8 Å². The van der Waals surface area contributed by atoms with Gasteiger partial charge >= 0.3 is 6.09 Å². The molecule has 1 amide bonds. The highest BCUT2D eigenvalue weighted by atomic mass is 16.6. The molecule has 2 rings (SSSR count). The van der Waals surface area contributed by atoms with Gasteiger partial charge in [0.25, 0.3) is 0 Å². The van der Waals surface area contributed by atoms with Crippen molar-refractivity contribution in [2.45, 2.75) is 34.3 Å². The number of benzene rings is 2. The van der Waals surface area contributed by atoms with Gasteiger partial charge in [-0.3, -0.25) is 4.90 Å². The van der Waals surface area contributed by atoms with Crippen LogP contribution >= 0.6 is 0 Å². The number of amides is 1. The first-order valence-corrected chi connectivity index (χ1v) is 8.04. The fraction of sp³-hybridized carbons (Fsp3) is 0.350. The summed E-state index contributed by atoms with van der Waals surface area (Å²) in [5.74, 6) is 0.215. The molecule has 4 nitrogen and oxygen atoms in total. The zero-order valence-corrected chi connectivity index (χ0v) is 14.7. The van der Waals surface area contributed by atoms with E-state index in [-0.39, 0.29) is 23.9 Å². The molecule has 0 heterocycles. The molecule has 0 bridgehead atoms. The van der Waals surface area contributed by atoms with Crippen molar-refractivity contribution in [3.63, 3.8) is 0 Å². The van der Waals surface area contributed by atoms with Crippen LogP contribution in [0.3, 0.4) is 0 Å². The predicted octanol–water partition coefficient (Wildman–Crippen LogP) is 4.89. The van der Waals surface area contributed by atoms with Crippen molar-refractivity contribution in [2.24, 2.45) is 5.41 Å². The van der Waals surface area contributed by atoms with Crippen LogP contribution in [0, 0.1) is 12.3 Å². The van der Waals surface area contributed by atoms with Crippen molar-refractivity contribution >= 4 is 11.8 Å². The van der Waals surface area contributed by atoms with E-state index in [0.717, 1.165) is 16.8 Å². The maximum Gasteiger partial charge on any atom is 0.414 e. The number of hydrogen-bond donors (Lipinski definition) is 1. The van der Waals surface area contributed by atoms with Crippen molar-refractivity contribution in [2.75, 3.05) is 11.4 Å². The average Bonchev–Trinajstić information content (AvgIpc) is 2.53. The summed E-state index contributed by atoms with van der Waals surface area (Å²) in [5.41, 5.74) is 2.31. The zero-order chi connectivity index (χ0) is 17.7. The Bertz CT molecular complexity index is 690. The molecule has 0 radical (unpaired) electrons. The summed E-state index contributed by atoms with van der Waals surface area (Å²) in [5, 5.41) is 9.71. The third-order valence-corrected chi connectivity index (χ3v) is 3.55. The maximum atomic E-state index is 12.6. The van der Waals surface area contributed by atoms with Gasteiger partial charge in [-0.15, -0.1) is 0 Å². The van der Waals surface area contributed by atoms with Crippen LogP contribution in [-0.2, 0) is 11.3 Å². The number of rotatable bonds is 4. The van der Waals surface area contributed by atoms with Crippen LogP contribution in [0.2, 0.25) is 0 Å². The molecule has 0 saturated carbocycles. The second-order valence-electron chi connectivity index (χ2n) is 7.16. The maximum absolute atomic E-state index is 12.6. The van der Waals surface area contributed by atoms with E-state index in [9.17, 15) is 9.90 Å². The molecule has 2 aromatic rings. The Morgan fingerprint density at radius 3 is 2.38 bits per heavy atom. The number of carbonyl (C=O) groups is 1. The van der Waals surface area contributed by atoms with Gasteiger partial charge in [0.2, 0.25) is 0 Å². The van der Waals surface area contributed by atoms with Crippen LogP contribution in [0.1, 0.15) is 31.9 Å². The van der Waals surface area contributed by atoms with E-state index in [1.807, 2.05) is 37.3 Å². The zero-order valence-electron chi connectivity index (χ0n) is 14.7. The summed E-state index contributed by atoms with van der Waals surface area (Å²) in [4.78, 5) is 14.3. The van der Waals surface area contributed by atoms with Crippen molar-refractivity contribution in [3.05, 3.63) is 59.7 Å². The molecule has 0 atom stereocenters. The minimum absolute atomic E-state index is 0.0858. The fourth-order valence-corrected chi connectivity index (χ4v) is 2.34. The average molecular weight is 327 g/mol. The Morgan fingerprint density at radius 1 is 1.12 bits per heavy atom. The molecule has 0 aromatic heterocycles. The molecular weight excluding hydrogens is 302 g/mol. The van der Waals surface area contributed by atoms with Crippen LogP contribution in [-0.4, -0.2) is 17.7 Å². The topological polar surface area (TPSA) is 49.8 Å². The molecule has 0 aliphatic carbocycles. The second-order valence-corrected chi connectivity index (χ2v) is 7.16. The third-order valence-electron chi connectivity index (χ3n) is 3.55. The Labute approximate surface area is 143 Å². The molecule has 4 heteroatoms. The number of ether oxygens (including phenoxy) is 1. The quantitative estimate of drug-likeness (QED) is 0.870. The monoisotopic (exact) mass is 327 g/mol. The minimum atomic E-state index is -0.390. The first-order valence-electron chi connectivity index (χ1n) is 8.04. The summed E-state index contributed by atoms with van der Waals surface area (Å²) >= 11 is 0. The molecule has 0 aliphatic rings. The Kier molecular flexibility index (Phi) is 5.50. The highest BCUT2D eigenvalue weighted by Crippen LogP contribution is 2.27. The Morgan fingerprint density at radius 2 is 1.79 bits per heavy atom. The van der Waals surface area contributed by atoms with Crippen LogP contribution in [0.4, 0.5) is 10.5 Å². The van der Waals surface area contributed by atoms with Crippen LogP contribution in [0.15, 0.2) is 48.5 Å². The van der Waals surface area contributed by atoms with E-state index in [0.29, 0.717) is 6.54 Å². The number of phenols is 1. The molecule has 0 saturated heterocycles. The lowest BCUT2D eigenvalue weighted by molar-refractivity contribution is 0.144. The summed E-state index contributed by atoms with van der Waals surface area (Å²) in [6.45, 7) is 8.76. The highest BCUT2D eigenvalue weighted by molar-refractivity contribution is 5.88. The van der Waals surface area contributed by atoms with Gasteiger partial charge < -0.3 is 9.84 Å². The number of anilines is 1. The second kappa shape index (κ2) is 7.39. The Balaban J connectivity index is 2.18. The molecule has 0 fully saturated rings. The van der Waals surface area contributed by atoms with Crippen LogP contribution in [0.5, 0.6) is 5.75 Å². The fourth-order valence-electron chi connectivity index (χ4n) is 2.34. The van der Waals surface area contributed by atoms with E-state index in [1.165, 1.54) is 0 Å². The number of hydrogen-bond acceptors (Lipinski definition) is 3. The first kappa shape index (κ1) is 17.9. The van der Waals surface area contributed by atoms with E-state index >= 15 is 0 Å². The first-order chi connectivity index (χ1) is 11.3. The lowest BCUT2D eigenvalue weighted by Crippen LogP contribution is -2.38. The van der Waals surface area contributed by atoms with Gasteiger partial charge in [0, 0.05) is 12.2 Å². The van der Waals surface area contributed by atoms with Gasteiger partial charge in [0.05, 0.1) is 0 Å². The van der Waals surface area contributed by atoms with Crippen LogP contribution < -0.4 is 4.90 Å². The predicted molar refractivity (Wildman–Crippen MR) is 96.3 cm³/mol. The molecule has 0 unspecified atom stereocenters. The highest BCUT2D eigenvalue weighted by Gasteiger charge is 2.24. The summed E-state index contributed by atoms with van der Waals surface area (Å²) in [6, 6.07) is 14.7. The number of aryl methyl sites for hydroxylation is 1. The van der Waals surface area contributed by atoms with E-state index in [1.54, 1.807) is 23.1 Å². The lowest BCUT2D eigenvalue weighted by atomic mass is 9.96.